The molecule has 1 aromatic rings. The standard InChI is InChI=1S/C13H17N3O5/c1-4-7-15(8-9-20-2)12-11(16(18)19)6-5-10(14-12)13(17)21-3/h4-6H,1,7-9H2,2-3H3. The SMILES string of the molecule is C=CCN(CCOC)c1nc(C(=O)OC)ccc1[N+](=O)[O-]. The smallest absolute Gasteiger partial charge is 0.356 e. The van der Waals surface area contributed by atoms with E-state index in [9.17, 15) is 14.9 Å². The second kappa shape index (κ2) is 7.95. The number of ether oxygens (including phenoxy) is 2. The van der Waals surface area contributed by atoms with E-state index in [4.69, 9.17) is 4.74 Å². The molecule has 0 bridgehead atoms. The van der Waals surface area contributed by atoms with Gasteiger partial charge in [0.25, 0.3) is 0 Å². The van der Waals surface area contributed by atoms with Crippen LogP contribution in [0.5, 0.6) is 0 Å². The zero-order valence-corrected chi connectivity index (χ0v) is 11.9. The molecule has 8 heteroatoms. The molecule has 1 heterocycles. The molecule has 1 aromatic heterocycles. The molecule has 0 amide bonds. The summed E-state index contributed by atoms with van der Waals surface area (Å²) in [6, 6.07) is 2.49. The summed E-state index contributed by atoms with van der Waals surface area (Å²) in [5.74, 6) is -0.573. The van der Waals surface area contributed by atoms with Gasteiger partial charge in [-0.25, -0.2) is 9.78 Å². The Morgan fingerprint density at radius 1 is 1.52 bits per heavy atom. The van der Waals surface area contributed by atoms with E-state index in [1.165, 1.54) is 26.4 Å². The molecule has 114 valence electrons. The van der Waals surface area contributed by atoms with Crippen LogP contribution < -0.4 is 4.90 Å². The minimum atomic E-state index is -0.656. The van der Waals surface area contributed by atoms with E-state index in [1.807, 2.05) is 0 Å². The van der Waals surface area contributed by atoms with E-state index >= 15 is 0 Å². The highest BCUT2D eigenvalue weighted by Crippen LogP contribution is 2.26. The van der Waals surface area contributed by atoms with Gasteiger partial charge in [0.05, 0.1) is 18.6 Å². The molecular formula is C13H17N3O5. The van der Waals surface area contributed by atoms with Gasteiger partial charge in [0.2, 0.25) is 5.82 Å². The lowest BCUT2D eigenvalue weighted by Crippen LogP contribution is -2.29. The van der Waals surface area contributed by atoms with Gasteiger partial charge in [-0.1, -0.05) is 6.08 Å². The number of nitrogens with zero attached hydrogens (tertiary/aromatic N) is 3. The molecule has 0 aliphatic carbocycles. The van der Waals surface area contributed by atoms with Crippen LogP contribution in [0, 0.1) is 10.1 Å². The van der Waals surface area contributed by atoms with Crippen LogP contribution >= 0.6 is 0 Å². The summed E-state index contributed by atoms with van der Waals surface area (Å²) in [5.41, 5.74) is -0.190. The highest BCUT2D eigenvalue weighted by molar-refractivity contribution is 5.88. The van der Waals surface area contributed by atoms with Crippen molar-refractivity contribution in [2.45, 2.75) is 0 Å². The number of hydrogen-bond donors (Lipinski definition) is 0. The Morgan fingerprint density at radius 2 is 2.24 bits per heavy atom. The van der Waals surface area contributed by atoms with E-state index in [2.05, 4.69) is 16.3 Å². The number of anilines is 1. The van der Waals surface area contributed by atoms with Gasteiger partial charge in [0.15, 0.2) is 5.69 Å². The first-order valence-electron chi connectivity index (χ1n) is 6.13. The molecule has 0 spiro atoms. The molecule has 0 atom stereocenters. The van der Waals surface area contributed by atoms with Crippen molar-refractivity contribution in [3.05, 3.63) is 40.6 Å². The van der Waals surface area contributed by atoms with Crippen molar-refractivity contribution < 1.29 is 19.2 Å². The fraction of sp³-hybridized carbons (Fsp3) is 0.385. The number of methoxy groups -OCH3 is 2. The Balaban J connectivity index is 3.27. The Kier molecular flexibility index (Phi) is 6.28. The van der Waals surface area contributed by atoms with Crippen LogP contribution in [0.25, 0.3) is 0 Å². The van der Waals surface area contributed by atoms with E-state index in [0.29, 0.717) is 19.7 Å². The van der Waals surface area contributed by atoms with Gasteiger partial charge in [-0.3, -0.25) is 10.1 Å². The summed E-state index contributed by atoms with van der Waals surface area (Å²) in [7, 11) is 2.75. The molecule has 0 N–H and O–H groups in total. The fourth-order valence-corrected chi connectivity index (χ4v) is 1.68. The van der Waals surface area contributed by atoms with Gasteiger partial charge in [-0.2, -0.15) is 0 Å². The second-order valence-electron chi connectivity index (χ2n) is 4.02. The summed E-state index contributed by atoms with van der Waals surface area (Å²) >= 11 is 0. The van der Waals surface area contributed by atoms with Gasteiger partial charge in [0.1, 0.15) is 0 Å². The lowest BCUT2D eigenvalue weighted by molar-refractivity contribution is -0.384. The lowest BCUT2D eigenvalue weighted by Gasteiger charge is -2.21. The van der Waals surface area contributed by atoms with Crippen molar-refractivity contribution in [1.82, 2.24) is 4.98 Å². The maximum Gasteiger partial charge on any atom is 0.356 e. The Labute approximate surface area is 122 Å². The predicted octanol–water partition coefficient (Wildman–Crippen LogP) is 1.42. The van der Waals surface area contributed by atoms with Gasteiger partial charge in [-0.15, -0.1) is 6.58 Å². The molecule has 0 radical (unpaired) electrons. The minimum absolute atomic E-state index is 0.00424. The molecule has 0 saturated carbocycles. The van der Waals surface area contributed by atoms with Crippen LogP contribution in [0.1, 0.15) is 10.5 Å². The number of aromatic nitrogens is 1. The largest absolute Gasteiger partial charge is 0.464 e. The summed E-state index contributed by atoms with van der Waals surface area (Å²) in [4.78, 5) is 27.7. The summed E-state index contributed by atoms with van der Waals surface area (Å²) < 4.78 is 9.55. The number of carbonyl (C=O) groups excluding carboxylic acids is 1. The summed E-state index contributed by atoms with van der Waals surface area (Å²) in [5, 5.41) is 11.1. The van der Waals surface area contributed by atoms with Crippen molar-refractivity contribution >= 4 is 17.5 Å². The van der Waals surface area contributed by atoms with E-state index in [0.717, 1.165) is 0 Å². The zero-order valence-electron chi connectivity index (χ0n) is 11.9. The van der Waals surface area contributed by atoms with E-state index in [-0.39, 0.29) is 17.2 Å². The van der Waals surface area contributed by atoms with Gasteiger partial charge in [-0.05, 0) is 6.07 Å². The highest BCUT2D eigenvalue weighted by atomic mass is 16.6. The molecule has 0 fully saturated rings. The topological polar surface area (TPSA) is 94.8 Å². The highest BCUT2D eigenvalue weighted by Gasteiger charge is 2.23. The number of pyridine rings is 1. The molecule has 0 saturated heterocycles. The van der Waals surface area contributed by atoms with Crippen molar-refractivity contribution in [2.75, 3.05) is 38.8 Å². The summed E-state index contributed by atoms with van der Waals surface area (Å²) in [6.07, 6.45) is 1.59. The molecule has 8 nitrogen and oxygen atoms in total. The molecule has 1 rings (SSSR count). The average molecular weight is 295 g/mol. The van der Waals surface area contributed by atoms with Crippen LogP contribution in [0.4, 0.5) is 11.5 Å². The maximum absolute atomic E-state index is 11.5. The van der Waals surface area contributed by atoms with Crippen molar-refractivity contribution in [1.29, 1.82) is 0 Å². The van der Waals surface area contributed by atoms with Crippen LogP contribution in [0.3, 0.4) is 0 Å². The molecular weight excluding hydrogens is 278 g/mol. The molecule has 0 aliphatic rings. The number of hydrogen-bond acceptors (Lipinski definition) is 7. The molecule has 21 heavy (non-hydrogen) atoms. The molecule has 0 unspecified atom stereocenters. The van der Waals surface area contributed by atoms with E-state index in [1.54, 1.807) is 11.0 Å². The minimum Gasteiger partial charge on any atom is -0.464 e. The van der Waals surface area contributed by atoms with Crippen molar-refractivity contribution in [3.63, 3.8) is 0 Å². The third kappa shape index (κ3) is 4.25. The van der Waals surface area contributed by atoms with Gasteiger partial charge in [0, 0.05) is 26.3 Å². The zero-order chi connectivity index (χ0) is 15.8. The van der Waals surface area contributed by atoms with Crippen LogP contribution in [0.15, 0.2) is 24.8 Å². The van der Waals surface area contributed by atoms with Crippen LogP contribution in [0.2, 0.25) is 0 Å². The van der Waals surface area contributed by atoms with Gasteiger partial charge < -0.3 is 14.4 Å². The third-order valence-electron chi connectivity index (χ3n) is 2.66. The number of carbonyl (C=O) groups is 1. The quantitative estimate of drug-likeness (QED) is 0.310. The first-order chi connectivity index (χ1) is 10.0. The Morgan fingerprint density at radius 3 is 2.76 bits per heavy atom. The van der Waals surface area contributed by atoms with Crippen LogP contribution in [-0.4, -0.2) is 49.8 Å². The van der Waals surface area contributed by atoms with E-state index < -0.39 is 10.9 Å². The predicted molar refractivity (Wildman–Crippen MR) is 76.5 cm³/mol. The number of nitro groups is 1. The fourth-order valence-electron chi connectivity index (χ4n) is 1.68. The monoisotopic (exact) mass is 295 g/mol. The third-order valence-corrected chi connectivity index (χ3v) is 2.66. The summed E-state index contributed by atoms with van der Waals surface area (Å²) in [6.45, 7) is 4.68. The maximum atomic E-state index is 11.5. The second-order valence-corrected chi connectivity index (χ2v) is 4.02. The lowest BCUT2D eigenvalue weighted by atomic mass is 10.3. The van der Waals surface area contributed by atoms with Crippen molar-refractivity contribution in [2.24, 2.45) is 0 Å². The van der Waals surface area contributed by atoms with Gasteiger partial charge >= 0.3 is 11.7 Å². The number of esters is 1. The Hall–Kier alpha value is -2.48. The number of rotatable bonds is 8. The molecule has 0 aliphatic heterocycles. The Bertz CT molecular complexity index is 533. The molecule has 0 aromatic carbocycles. The van der Waals surface area contributed by atoms with Crippen LogP contribution in [-0.2, 0) is 9.47 Å². The normalized spacial score (nSPS) is 10.0. The first kappa shape index (κ1) is 16.6. The average Bonchev–Trinajstić information content (AvgIpc) is 2.49. The first-order valence-corrected chi connectivity index (χ1v) is 6.13. The van der Waals surface area contributed by atoms with Crippen molar-refractivity contribution in [3.8, 4) is 0 Å².